The molecular weight excluding hydrogens is 598 g/mol. The van der Waals surface area contributed by atoms with Crippen LogP contribution in [0, 0.1) is 0 Å². The number of rotatable bonds is 9. The molecule has 2 amide bonds. The molecule has 3 N–H and O–H groups in total. The molecule has 0 bridgehead atoms. The molecule has 0 saturated carbocycles. The highest BCUT2D eigenvalue weighted by molar-refractivity contribution is 7.92. The summed E-state index contributed by atoms with van der Waals surface area (Å²) < 4.78 is 40.6. The number of sulfonamides is 1. The number of aromatic hydroxyl groups is 1. The third-order valence-corrected chi connectivity index (χ3v) is 8.78. The number of ether oxygens (including phenoxy) is 2. The van der Waals surface area contributed by atoms with Crippen LogP contribution in [0.4, 0.5) is 15.3 Å². The smallest absolute Gasteiger partial charge is 0.415 e. The summed E-state index contributed by atoms with van der Waals surface area (Å²) in [6.45, 7) is 0.137. The molecule has 12 heteroatoms. The van der Waals surface area contributed by atoms with Gasteiger partial charge in [-0.15, -0.1) is 0 Å². The maximum Gasteiger partial charge on any atom is 0.415 e. The Hall–Kier alpha value is -5.49. The molecule has 11 nitrogen and oxygen atoms in total. The number of fused-ring (bicyclic) bond motifs is 2. The number of anilines is 1. The lowest BCUT2D eigenvalue weighted by Gasteiger charge is -2.22. The molecule has 0 aliphatic carbocycles. The maximum absolute atomic E-state index is 13.5. The second kappa shape index (κ2) is 12.6. The van der Waals surface area contributed by atoms with Gasteiger partial charge in [0, 0.05) is 49.1 Å². The quantitative estimate of drug-likeness (QED) is 0.163. The third kappa shape index (κ3) is 6.41. The van der Waals surface area contributed by atoms with Crippen molar-refractivity contribution in [3.8, 4) is 28.4 Å². The van der Waals surface area contributed by atoms with Crippen LogP contribution in [0.15, 0.2) is 95.9 Å². The highest BCUT2D eigenvalue weighted by Gasteiger charge is 2.24. The van der Waals surface area contributed by atoms with Crippen LogP contribution >= 0.6 is 0 Å². The number of carboxylic acid groups (broad SMARTS) is 1. The van der Waals surface area contributed by atoms with Crippen molar-refractivity contribution in [2.75, 3.05) is 39.0 Å². The number of benzene rings is 5. The Morgan fingerprint density at radius 1 is 0.822 bits per heavy atom. The highest BCUT2D eigenvalue weighted by atomic mass is 32.2. The second-order valence-electron chi connectivity index (χ2n) is 10.3. The van der Waals surface area contributed by atoms with Crippen LogP contribution in [-0.4, -0.2) is 74.9 Å². The zero-order valence-corrected chi connectivity index (χ0v) is 25.5. The molecule has 45 heavy (non-hydrogen) atoms. The molecule has 0 saturated heterocycles. The zero-order chi connectivity index (χ0) is 32.3. The minimum atomic E-state index is -4.07. The summed E-state index contributed by atoms with van der Waals surface area (Å²) in [5, 5.41) is 23.0. The highest BCUT2D eigenvalue weighted by Crippen LogP contribution is 2.46. The Bertz CT molecular complexity index is 2010. The number of methoxy groups -OCH3 is 1. The molecule has 5 rings (SSSR count). The maximum atomic E-state index is 13.5. The van der Waals surface area contributed by atoms with Gasteiger partial charge in [-0.1, -0.05) is 54.6 Å². The lowest BCUT2D eigenvalue weighted by Crippen LogP contribution is -2.38. The molecule has 0 aliphatic heterocycles. The predicted octanol–water partition coefficient (Wildman–Crippen LogP) is 6.22. The summed E-state index contributed by atoms with van der Waals surface area (Å²) in [4.78, 5) is 26.6. The van der Waals surface area contributed by atoms with E-state index in [1.165, 1.54) is 44.3 Å². The van der Waals surface area contributed by atoms with Gasteiger partial charge >= 0.3 is 12.2 Å². The zero-order valence-electron chi connectivity index (χ0n) is 24.7. The fourth-order valence-electron chi connectivity index (χ4n) is 4.87. The Morgan fingerprint density at radius 3 is 2.11 bits per heavy atom. The first-order valence-electron chi connectivity index (χ1n) is 13.8. The van der Waals surface area contributed by atoms with Crippen molar-refractivity contribution in [1.29, 1.82) is 0 Å². The lowest BCUT2D eigenvalue weighted by molar-refractivity contribution is 0.141. The van der Waals surface area contributed by atoms with Crippen LogP contribution < -0.4 is 14.2 Å². The van der Waals surface area contributed by atoms with E-state index in [2.05, 4.69) is 4.72 Å². The normalized spacial score (nSPS) is 11.3. The van der Waals surface area contributed by atoms with Gasteiger partial charge < -0.3 is 29.5 Å². The Morgan fingerprint density at radius 2 is 1.44 bits per heavy atom. The molecule has 0 atom stereocenters. The van der Waals surface area contributed by atoms with Crippen molar-refractivity contribution in [3.63, 3.8) is 0 Å². The number of hydrogen-bond donors (Lipinski definition) is 3. The van der Waals surface area contributed by atoms with Gasteiger partial charge in [0.1, 0.15) is 17.2 Å². The van der Waals surface area contributed by atoms with Crippen molar-refractivity contribution in [1.82, 2.24) is 9.80 Å². The fraction of sp³-hybridized carbons (Fsp3) is 0.152. The van der Waals surface area contributed by atoms with Crippen LogP contribution in [0.5, 0.6) is 17.2 Å². The minimum Gasteiger partial charge on any atom is -0.507 e. The number of likely N-dealkylation sites (N-methyl/N-ethyl adjacent to an activating group) is 2. The summed E-state index contributed by atoms with van der Waals surface area (Å²) >= 11 is 0. The van der Waals surface area contributed by atoms with Gasteiger partial charge in [-0.3, -0.25) is 4.72 Å². The Balaban J connectivity index is 1.63. The van der Waals surface area contributed by atoms with Crippen molar-refractivity contribution in [2.24, 2.45) is 0 Å². The van der Waals surface area contributed by atoms with Crippen LogP contribution in [-0.2, 0) is 10.0 Å². The van der Waals surface area contributed by atoms with Crippen LogP contribution in [0.1, 0.15) is 0 Å². The molecule has 0 spiro atoms. The molecular formula is C33H31N3O8S. The van der Waals surface area contributed by atoms with Gasteiger partial charge in [-0.25, -0.2) is 18.0 Å². The molecule has 0 fully saturated rings. The van der Waals surface area contributed by atoms with Gasteiger partial charge in [0.2, 0.25) is 0 Å². The van der Waals surface area contributed by atoms with Crippen molar-refractivity contribution in [3.05, 3.63) is 91.0 Å². The predicted molar refractivity (Wildman–Crippen MR) is 172 cm³/mol. The average molecular weight is 630 g/mol. The van der Waals surface area contributed by atoms with E-state index >= 15 is 0 Å². The first-order chi connectivity index (χ1) is 21.5. The molecule has 0 aromatic heterocycles. The summed E-state index contributed by atoms with van der Waals surface area (Å²) in [7, 11) is 0.297. The van der Waals surface area contributed by atoms with E-state index < -0.39 is 22.2 Å². The summed E-state index contributed by atoms with van der Waals surface area (Å²) in [5.41, 5.74) is 0.799. The largest absolute Gasteiger partial charge is 0.507 e. The van der Waals surface area contributed by atoms with E-state index in [4.69, 9.17) is 14.6 Å². The summed E-state index contributed by atoms with van der Waals surface area (Å²) in [6, 6.07) is 25.0. The van der Waals surface area contributed by atoms with E-state index in [-0.39, 0.29) is 40.7 Å². The van der Waals surface area contributed by atoms with Crippen LogP contribution in [0.3, 0.4) is 0 Å². The van der Waals surface area contributed by atoms with Gasteiger partial charge in [0.05, 0.1) is 17.7 Å². The van der Waals surface area contributed by atoms with Gasteiger partial charge in [-0.05, 0) is 47.2 Å². The SMILES string of the molecule is COc1ccc(S(=O)(=O)Nc2cc(-c3c(OC(=O)N(C)CCN(C)C(=O)O)ccc4ccccc34)c(O)c3ccccc23)cc1. The molecule has 5 aromatic carbocycles. The number of carbonyl (C=O) groups excluding carboxylic acids is 1. The standard InChI is InChI=1S/C33H31N3O8S/c1-35(32(38)39)18-19-36(2)33(40)44-29-17-12-21-8-4-5-9-24(21)30(29)27-20-28(25-10-6-7-11-26(25)31(27)37)34-45(41,42)23-15-13-22(43-3)14-16-23/h4-17,20,34,37H,18-19H2,1-3H3,(H,38,39). The van der Waals surface area contributed by atoms with Gasteiger partial charge in [0.25, 0.3) is 10.0 Å². The van der Waals surface area contributed by atoms with Crippen LogP contribution in [0.25, 0.3) is 32.7 Å². The summed E-state index contributed by atoms with van der Waals surface area (Å²) in [6.07, 6.45) is -1.87. The van der Waals surface area contributed by atoms with E-state index in [0.29, 0.717) is 27.5 Å². The Kier molecular flexibility index (Phi) is 8.68. The third-order valence-electron chi connectivity index (χ3n) is 7.40. The van der Waals surface area contributed by atoms with Gasteiger partial charge in [-0.2, -0.15) is 0 Å². The molecule has 0 radical (unpaired) electrons. The van der Waals surface area contributed by atoms with Crippen molar-refractivity contribution < 1.29 is 37.7 Å². The Labute approximate surface area is 259 Å². The van der Waals surface area contributed by atoms with E-state index in [1.54, 1.807) is 54.6 Å². The number of phenolic OH excluding ortho intramolecular Hbond substituents is 1. The number of carbonyl (C=O) groups is 2. The molecule has 5 aromatic rings. The minimum absolute atomic E-state index is 0.0124. The molecule has 232 valence electrons. The fourth-order valence-corrected chi connectivity index (χ4v) is 5.94. The molecule has 0 unspecified atom stereocenters. The second-order valence-corrected chi connectivity index (χ2v) is 12.0. The molecule has 0 heterocycles. The van der Waals surface area contributed by atoms with E-state index in [0.717, 1.165) is 10.3 Å². The van der Waals surface area contributed by atoms with Gasteiger partial charge in [0.15, 0.2) is 0 Å². The topological polar surface area (TPSA) is 146 Å². The number of hydrogen-bond acceptors (Lipinski definition) is 7. The lowest BCUT2D eigenvalue weighted by atomic mass is 9.93. The van der Waals surface area contributed by atoms with Crippen LogP contribution in [0.2, 0.25) is 0 Å². The molecule has 0 aliphatic rings. The first-order valence-corrected chi connectivity index (χ1v) is 15.3. The van der Waals surface area contributed by atoms with E-state index in [1.807, 2.05) is 18.2 Å². The summed E-state index contributed by atoms with van der Waals surface area (Å²) in [5.74, 6) is 0.485. The first kappa shape index (κ1) is 31.0. The number of amides is 2. The number of nitrogens with one attached hydrogen (secondary N) is 1. The average Bonchev–Trinajstić information content (AvgIpc) is 3.04. The number of nitrogens with zero attached hydrogens (tertiary/aromatic N) is 2. The van der Waals surface area contributed by atoms with Crippen molar-refractivity contribution >= 4 is 49.4 Å². The number of phenols is 1. The van der Waals surface area contributed by atoms with E-state index in [9.17, 15) is 23.1 Å². The monoisotopic (exact) mass is 629 g/mol. The van der Waals surface area contributed by atoms with Crippen molar-refractivity contribution in [2.45, 2.75) is 4.90 Å².